The lowest BCUT2D eigenvalue weighted by atomic mass is 9.75. The minimum absolute atomic E-state index is 0.0940. The summed E-state index contributed by atoms with van der Waals surface area (Å²) >= 11 is 0. The van der Waals surface area contributed by atoms with Crippen LogP contribution in [0.1, 0.15) is 28.5 Å². The fourth-order valence-corrected chi connectivity index (χ4v) is 4.49. The summed E-state index contributed by atoms with van der Waals surface area (Å²) in [5.74, 6) is -0.167. The van der Waals surface area contributed by atoms with Crippen LogP contribution in [0.4, 0.5) is 0 Å². The molecule has 150 valence electrons. The second-order valence-corrected chi connectivity index (χ2v) is 7.77. The van der Waals surface area contributed by atoms with E-state index in [9.17, 15) is 9.59 Å². The topological polar surface area (TPSA) is 85.5 Å². The number of amides is 2. The molecule has 4 heterocycles. The molecule has 2 saturated heterocycles. The highest BCUT2D eigenvalue weighted by molar-refractivity contribution is 5.94. The van der Waals surface area contributed by atoms with Crippen molar-refractivity contribution in [1.29, 1.82) is 0 Å². The number of carbonyl (C=O) groups excluding carboxylic acids is 2. The number of methoxy groups -OCH3 is 1. The molecule has 28 heavy (non-hydrogen) atoms. The maximum Gasteiger partial charge on any atom is 0.274 e. The highest BCUT2D eigenvalue weighted by atomic mass is 16.5. The zero-order chi connectivity index (χ0) is 19.9. The lowest BCUT2D eigenvalue weighted by Crippen LogP contribution is -2.41. The van der Waals surface area contributed by atoms with Gasteiger partial charge in [0.05, 0.1) is 24.0 Å². The predicted octanol–water partition coefficient (Wildman–Crippen LogP) is 0.258. The molecule has 0 aromatic carbocycles. The number of nitrogens with zero attached hydrogens (tertiary/aromatic N) is 6. The average molecular weight is 386 g/mol. The van der Waals surface area contributed by atoms with Gasteiger partial charge in [0.15, 0.2) is 0 Å². The van der Waals surface area contributed by atoms with Crippen molar-refractivity contribution in [2.24, 2.45) is 19.5 Å². The number of rotatable bonds is 5. The van der Waals surface area contributed by atoms with Crippen molar-refractivity contribution >= 4 is 11.8 Å². The van der Waals surface area contributed by atoms with Crippen LogP contribution >= 0.6 is 0 Å². The summed E-state index contributed by atoms with van der Waals surface area (Å²) in [5, 5.41) is 4.24. The predicted molar refractivity (Wildman–Crippen MR) is 101 cm³/mol. The lowest BCUT2D eigenvalue weighted by molar-refractivity contribution is -0.136. The number of carbonyl (C=O) groups is 2. The Hall–Kier alpha value is -2.68. The second-order valence-electron chi connectivity index (χ2n) is 7.77. The maximum absolute atomic E-state index is 13.4. The summed E-state index contributed by atoms with van der Waals surface area (Å²) < 4.78 is 8.65. The van der Waals surface area contributed by atoms with E-state index >= 15 is 0 Å². The zero-order valence-corrected chi connectivity index (χ0v) is 16.5. The fraction of sp³-hybridized carbons (Fsp3) is 0.579. The summed E-state index contributed by atoms with van der Waals surface area (Å²) in [5.41, 5.74) is 0.633. The maximum atomic E-state index is 13.4. The van der Waals surface area contributed by atoms with Gasteiger partial charge in [0.25, 0.3) is 5.91 Å². The Morgan fingerprint density at radius 2 is 2.21 bits per heavy atom. The molecule has 0 saturated carbocycles. The average Bonchev–Trinajstić information content (AvgIpc) is 3.43. The van der Waals surface area contributed by atoms with E-state index in [1.54, 1.807) is 42.3 Å². The van der Waals surface area contributed by atoms with Gasteiger partial charge in [-0.15, -0.1) is 0 Å². The van der Waals surface area contributed by atoms with Crippen LogP contribution in [0.2, 0.25) is 0 Å². The molecule has 2 aliphatic rings. The van der Waals surface area contributed by atoms with E-state index in [4.69, 9.17) is 4.74 Å². The van der Waals surface area contributed by atoms with Gasteiger partial charge in [0.1, 0.15) is 5.69 Å². The largest absolute Gasteiger partial charge is 0.383 e. The van der Waals surface area contributed by atoms with Gasteiger partial charge in [-0.05, 0) is 12.5 Å². The number of hydrogen-bond acceptors (Lipinski definition) is 5. The zero-order valence-electron chi connectivity index (χ0n) is 16.5. The summed E-state index contributed by atoms with van der Waals surface area (Å²) in [4.78, 5) is 34.6. The Balaban J connectivity index is 1.65. The monoisotopic (exact) mass is 386 g/mol. The van der Waals surface area contributed by atoms with Crippen molar-refractivity contribution < 1.29 is 14.3 Å². The number of likely N-dealkylation sites (tertiary alicyclic amines) is 2. The van der Waals surface area contributed by atoms with Crippen molar-refractivity contribution in [1.82, 2.24) is 29.1 Å². The molecule has 2 amide bonds. The first-order valence-electron chi connectivity index (χ1n) is 9.50. The molecule has 2 aliphatic heterocycles. The molecule has 1 spiro atoms. The van der Waals surface area contributed by atoms with Crippen LogP contribution in [-0.2, 0) is 23.6 Å². The molecule has 2 fully saturated rings. The summed E-state index contributed by atoms with van der Waals surface area (Å²) in [7, 11) is 5.33. The molecule has 4 rings (SSSR count). The molecular formula is C19H26N6O3. The molecule has 0 radical (unpaired) electrons. The standard InChI is InChI=1S/C19H26N6O3/c1-22-11-16(20-13-22)14-10-25(17(26)15-4-6-23(2)21-15)12-19(14)5-7-24(18(19)27)8-9-28-3/h4,6,11,13-14H,5,7-10,12H2,1-3H3/t14-,19+/m1/s1. The van der Waals surface area contributed by atoms with E-state index in [2.05, 4.69) is 10.1 Å². The van der Waals surface area contributed by atoms with Crippen LogP contribution in [0.15, 0.2) is 24.8 Å². The van der Waals surface area contributed by atoms with E-state index in [0.717, 1.165) is 5.69 Å². The van der Waals surface area contributed by atoms with Crippen LogP contribution in [0.25, 0.3) is 0 Å². The molecule has 0 aliphatic carbocycles. The van der Waals surface area contributed by atoms with Gasteiger partial charge in [0.2, 0.25) is 5.91 Å². The van der Waals surface area contributed by atoms with Gasteiger partial charge < -0.3 is 19.1 Å². The summed E-state index contributed by atoms with van der Waals surface area (Å²) in [6.45, 7) is 2.62. The quantitative estimate of drug-likeness (QED) is 0.736. The molecule has 0 N–H and O–H groups in total. The van der Waals surface area contributed by atoms with Crippen LogP contribution in [0, 0.1) is 5.41 Å². The van der Waals surface area contributed by atoms with Crippen LogP contribution in [-0.4, -0.2) is 80.8 Å². The Morgan fingerprint density at radius 3 is 2.86 bits per heavy atom. The van der Waals surface area contributed by atoms with Gasteiger partial charge in [-0.1, -0.05) is 0 Å². The number of aromatic nitrogens is 4. The SMILES string of the molecule is COCCN1CC[C@@]2(CN(C(=O)c3ccn(C)n3)C[C@@H]2c2cn(C)cn2)C1=O. The molecule has 2 atom stereocenters. The number of imidazole rings is 1. The van der Waals surface area contributed by atoms with Crippen molar-refractivity contribution in [2.45, 2.75) is 12.3 Å². The number of aryl methyl sites for hydroxylation is 2. The molecule has 9 heteroatoms. The van der Waals surface area contributed by atoms with Gasteiger partial charge in [-0.3, -0.25) is 14.3 Å². The second kappa shape index (κ2) is 7.05. The van der Waals surface area contributed by atoms with Gasteiger partial charge in [-0.25, -0.2) is 4.98 Å². The van der Waals surface area contributed by atoms with E-state index in [1.165, 1.54) is 0 Å². The van der Waals surface area contributed by atoms with Crippen LogP contribution < -0.4 is 0 Å². The lowest BCUT2D eigenvalue weighted by Gasteiger charge is -2.27. The molecule has 0 bridgehead atoms. The van der Waals surface area contributed by atoms with E-state index in [1.807, 2.05) is 22.7 Å². The van der Waals surface area contributed by atoms with Crippen molar-refractivity contribution in [2.75, 3.05) is 39.9 Å². The van der Waals surface area contributed by atoms with E-state index in [-0.39, 0.29) is 17.7 Å². The first kappa shape index (κ1) is 18.7. The molecular weight excluding hydrogens is 360 g/mol. The van der Waals surface area contributed by atoms with E-state index < -0.39 is 5.41 Å². The Bertz CT molecular complexity index is 890. The number of ether oxygens (including phenoxy) is 1. The van der Waals surface area contributed by atoms with E-state index in [0.29, 0.717) is 44.9 Å². The van der Waals surface area contributed by atoms with Crippen molar-refractivity contribution in [3.05, 3.63) is 36.2 Å². The summed E-state index contributed by atoms with van der Waals surface area (Å²) in [6, 6.07) is 1.71. The van der Waals surface area contributed by atoms with Gasteiger partial charge >= 0.3 is 0 Å². The molecule has 2 aromatic heterocycles. The minimum atomic E-state index is -0.632. The third-order valence-electron chi connectivity index (χ3n) is 5.95. The fourth-order valence-electron chi connectivity index (χ4n) is 4.49. The van der Waals surface area contributed by atoms with Crippen LogP contribution in [0.3, 0.4) is 0 Å². The third kappa shape index (κ3) is 2.99. The number of hydrogen-bond donors (Lipinski definition) is 0. The Labute approximate surface area is 163 Å². The molecule has 2 aromatic rings. The Morgan fingerprint density at radius 1 is 1.39 bits per heavy atom. The molecule has 9 nitrogen and oxygen atoms in total. The first-order valence-corrected chi connectivity index (χ1v) is 9.50. The minimum Gasteiger partial charge on any atom is -0.383 e. The Kier molecular flexibility index (Phi) is 4.70. The first-order chi connectivity index (χ1) is 13.4. The van der Waals surface area contributed by atoms with Gasteiger partial charge in [0, 0.05) is 65.7 Å². The molecule has 0 unspecified atom stereocenters. The van der Waals surface area contributed by atoms with Crippen molar-refractivity contribution in [3.63, 3.8) is 0 Å². The highest BCUT2D eigenvalue weighted by Crippen LogP contribution is 2.49. The van der Waals surface area contributed by atoms with Gasteiger partial charge in [-0.2, -0.15) is 5.10 Å². The summed E-state index contributed by atoms with van der Waals surface area (Å²) in [6.07, 6.45) is 6.16. The smallest absolute Gasteiger partial charge is 0.274 e. The van der Waals surface area contributed by atoms with Crippen molar-refractivity contribution in [3.8, 4) is 0 Å². The normalized spacial score (nSPS) is 24.7. The third-order valence-corrected chi connectivity index (χ3v) is 5.95. The van der Waals surface area contributed by atoms with Crippen LogP contribution in [0.5, 0.6) is 0 Å². The highest BCUT2D eigenvalue weighted by Gasteiger charge is 2.58.